The van der Waals surface area contributed by atoms with E-state index in [9.17, 15) is 18.0 Å². The predicted octanol–water partition coefficient (Wildman–Crippen LogP) is 5.01. The molecule has 38 heavy (non-hydrogen) atoms. The lowest BCUT2D eigenvalue weighted by Gasteiger charge is -2.32. The Morgan fingerprint density at radius 2 is 1.61 bits per heavy atom. The number of nitrogens with zero attached hydrogens (tertiary/aromatic N) is 2. The van der Waals surface area contributed by atoms with E-state index in [1.54, 1.807) is 45.0 Å². The van der Waals surface area contributed by atoms with E-state index in [2.05, 4.69) is 5.32 Å². The Hall–Kier alpha value is -3.36. The first kappa shape index (κ1) is 29.2. The largest absolute Gasteiger partial charge is 0.355 e. The van der Waals surface area contributed by atoms with Gasteiger partial charge in [-0.1, -0.05) is 59.6 Å². The normalized spacial score (nSPS) is 12.1. The van der Waals surface area contributed by atoms with Crippen molar-refractivity contribution in [2.24, 2.45) is 0 Å². The van der Waals surface area contributed by atoms with Crippen molar-refractivity contribution in [1.29, 1.82) is 0 Å². The maximum Gasteiger partial charge on any atom is 0.264 e. The van der Waals surface area contributed by atoms with E-state index in [1.807, 2.05) is 38.1 Å². The number of nitrogens with one attached hydrogen (secondary N) is 1. The van der Waals surface area contributed by atoms with Crippen molar-refractivity contribution in [1.82, 2.24) is 10.2 Å². The summed E-state index contributed by atoms with van der Waals surface area (Å²) in [5.74, 6) is -0.830. The molecule has 0 saturated heterocycles. The molecule has 3 aromatic rings. The second kappa shape index (κ2) is 12.5. The zero-order valence-corrected chi connectivity index (χ0v) is 23.9. The number of rotatable bonds is 10. The third kappa shape index (κ3) is 6.74. The highest BCUT2D eigenvalue weighted by atomic mass is 35.5. The van der Waals surface area contributed by atoms with Gasteiger partial charge in [0, 0.05) is 18.1 Å². The zero-order valence-electron chi connectivity index (χ0n) is 22.4. The van der Waals surface area contributed by atoms with E-state index in [0.717, 1.165) is 21.0 Å². The minimum absolute atomic E-state index is 0.0532. The molecule has 0 fully saturated rings. The first-order valence-corrected chi connectivity index (χ1v) is 14.2. The zero-order chi connectivity index (χ0) is 28.0. The van der Waals surface area contributed by atoms with Gasteiger partial charge in [0.1, 0.15) is 12.6 Å². The van der Waals surface area contributed by atoms with Crippen molar-refractivity contribution in [2.45, 2.75) is 52.1 Å². The molecule has 0 aliphatic carbocycles. The summed E-state index contributed by atoms with van der Waals surface area (Å²) in [5, 5.41) is 3.10. The smallest absolute Gasteiger partial charge is 0.264 e. The van der Waals surface area contributed by atoms with Crippen LogP contribution in [0, 0.1) is 20.8 Å². The van der Waals surface area contributed by atoms with Crippen LogP contribution in [0.2, 0.25) is 5.02 Å². The lowest BCUT2D eigenvalue weighted by molar-refractivity contribution is -0.139. The summed E-state index contributed by atoms with van der Waals surface area (Å²) in [6, 6.07) is 18.1. The number of carbonyl (C=O) groups is 2. The van der Waals surface area contributed by atoms with E-state index >= 15 is 0 Å². The van der Waals surface area contributed by atoms with Crippen LogP contribution in [0.3, 0.4) is 0 Å². The summed E-state index contributed by atoms with van der Waals surface area (Å²) in [4.78, 5) is 28.2. The lowest BCUT2D eigenvalue weighted by Crippen LogP contribution is -2.51. The second-order valence-electron chi connectivity index (χ2n) is 9.27. The molecule has 3 aromatic carbocycles. The molecule has 0 aromatic heterocycles. The Morgan fingerprint density at radius 1 is 0.947 bits per heavy atom. The van der Waals surface area contributed by atoms with Crippen LogP contribution in [0.1, 0.15) is 36.1 Å². The molecule has 3 rings (SSSR count). The third-order valence-electron chi connectivity index (χ3n) is 6.45. The first-order chi connectivity index (χ1) is 17.9. The molecule has 0 spiro atoms. The van der Waals surface area contributed by atoms with Crippen molar-refractivity contribution in [2.75, 3.05) is 17.4 Å². The van der Waals surface area contributed by atoms with Crippen LogP contribution in [-0.4, -0.2) is 44.3 Å². The first-order valence-electron chi connectivity index (χ1n) is 12.4. The van der Waals surface area contributed by atoms with E-state index in [4.69, 9.17) is 11.6 Å². The number of sulfonamides is 1. The van der Waals surface area contributed by atoms with E-state index in [0.29, 0.717) is 22.8 Å². The number of anilines is 1. The maximum absolute atomic E-state index is 13.9. The van der Waals surface area contributed by atoms with Crippen LogP contribution in [-0.2, 0) is 26.2 Å². The molecule has 0 radical (unpaired) electrons. The fraction of sp³-hybridized carbons (Fsp3) is 0.310. The van der Waals surface area contributed by atoms with Crippen molar-refractivity contribution in [3.63, 3.8) is 0 Å². The van der Waals surface area contributed by atoms with Gasteiger partial charge >= 0.3 is 0 Å². The van der Waals surface area contributed by atoms with Gasteiger partial charge in [0.25, 0.3) is 10.0 Å². The van der Waals surface area contributed by atoms with Crippen molar-refractivity contribution < 1.29 is 18.0 Å². The van der Waals surface area contributed by atoms with Crippen LogP contribution in [0.5, 0.6) is 0 Å². The minimum atomic E-state index is -4.15. The van der Waals surface area contributed by atoms with Gasteiger partial charge in [-0.15, -0.1) is 0 Å². The quantitative estimate of drug-likeness (QED) is 0.381. The Bertz CT molecular complexity index is 1410. The van der Waals surface area contributed by atoms with Gasteiger partial charge < -0.3 is 10.2 Å². The second-order valence-corrected chi connectivity index (χ2v) is 11.6. The number of likely N-dealkylation sites (N-methyl/N-ethyl adjacent to an activating group) is 1. The van der Waals surface area contributed by atoms with Crippen LogP contribution < -0.4 is 9.62 Å². The molecule has 1 atom stereocenters. The number of amides is 2. The van der Waals surface area contributed by atoms with Gasteiger partial charge in [-0.25, -0.2) is 8.42 Å². The Labute approximate surface area is 230 Å². The third-order valence-corrected chi connectivity index (χ3v) is 8.46. The number of hydrogen-bond donors (Lipinski definition) is 1. The van der Waals surface area contributed by atoms with Gasteiger partial charge in [0.15, 0.2) is 0 Å². The summed E-state index contributed by atoms with van der Waals surface area (Å²) in [7, 11) is -4.15. The summed E-state index contributed by atoms with van der Waals surface area (Å²) in [6.07, 6.45) is 0. The van der Waals surface area contributed by atoms with Crippen molar-refractivity contribution in [3.05, 3.63) is 94.0 Å². The molecule has 0 bridgehead atoms. The fourth-order valence-corrected chi connectivity index (χ4v) is 5.71. The minimum Gasteiger partial charge on any atom is -0.355 e. The molecule has 9 heteroatoms. The Morgan fingerprint density at radius 3 is 2.24 bits per heavy atom. The molecule has 202 valence electrons. The van der Waals surface area contributed by atoms with Crippen LogP contribution in [0.4, 0.5) is 5.69 Å². The highest BCUT2D eigenvalue weighted by molar-refractivity contribution is 7.92. The molecule has 1 unspecified atom stereocenters. The molecular formula is C29H34ClN3O4S. The van der Waals surface area contributed by atoms with Gasteiger partial charge in [0.2, 0.25) is 11.8 Å². The molecule has 2 amide bonds. The van der Waals surface area contributed by atoms with Crippen molar-refractivity contribution >= 4 is 39.1 Å². The SMILES string of the molecule is CCNC(=O)C(C)N(Cc1ccccc1C)C(=O)CN(c1cc(Cl)ccc1C)S(=O)(=O)c1ccc(C)cc1. The maximum atomic E-state index is 13.9. The van der Waals surface area contributed by atoms with E-state index < -0.39 is 28.5 Å². The van der Waals surface area contributed by atoms with Crippen LogP contribution in [0.25, 0.3) is 0 Å². The van der Waals surface area contributed by atoms with Crippen LogP contribution >= 0.6 is 11.6 Å². The molecule has 1 N–H and O–H groups in total. The van der Waals surface area contributed by atoms with Gasteiger partial charge in [-0.3, -0.25) is 13.9 Å². The monoisotopic (exact) mass is 555 g/mol. The summed E-state index contributed by atoms with van der Waals surface area (Å²) in [5.41, 5.74) is 3.67. The topological polar surface area (TPSA) is 86.8 Å². The molecule has 0 saturated carbocycles. The van der Waals surface area contributed by atoms with Gasteiger partial charge in [-0.05, 0) is 75.6 Å². The molecule has 7 nitrogen and oxygen atoms in total. The Balaban J connectivity index is 2.09. The average Bonchev–Trinajstić information content (AvgIpc) is 2.88. The number of benzene rings is 3. The van der Waals surface area contributed by atoms with E-state index in [-0.39, 0.29) is 17.3 Å². The highest BCUT2D eigenvalue weighted by Gasteiger charge is 2.33. The average molecular weight is 556 g/mol. The summed E-state index contributed by atoms with van der Waals surface area (Å²) >= 11 is 6.26. The molecule has 0 aliphatic heterocycles. The Kier molecular flexibility index (Phi) is 9.57. The summed E-state index contributed by atoms with van der Waals surface area (Å²) in [6.45, 7) is 9.05. The predicted molar refractivity (Wildman–Crippen MR) is 152 cm³/mol. The molecule has 0 heterocycles. The number of halogens is 1. The van der Waals surface area contributed by atoms with Crippen molar-refractivity contribution in [3.8, 4) is 0 Å². The number of aryl methyl sites for hydroxylation is 3. The van der Waals surface area contributed by atoms with Gasteiger partial charge in [-0.2, -0.15) is 0 Å². The van der Waals surface area contributed by atoms with E-state index in [1.165, 1.54) is 23.1 Å². The highest BCUT2D eigenvalue weighted by Crippen LogP contribution is 2.30. The van der Waals surface area contributed by atoms with Gasteiger partial charge in [0.05, 0.1) is 10.6 Å². The number of carbonyl (C=O) groups excluding carboxylic acids is 2. The lowest BCUT2D eigenvalue weighted by atomic mass is 10.1. The molecular weight excluding hydrogens is 522 g/mol. The summed E-state index contributed by atoms with van der Waals surface area (Å²) < 4.78 is 28.9. The standard InChI is InChI=1S/C29H34ClN3O4S/c1-6-31-29(35)23(5)32(18-24-10-8-7-9-21(24)3)28(34)19-33(27-17-25(30)14-13-22(27)4)38(36,37)26-15-11-20(2)12-16-26/h7-17,23H,6,18-19H2,1-5H3,(H,31,35). The number of hydrogen-bond acceptors (Lipinski definition) is 4. The fourth-order valence-electron chi connectivity index (χ4n) is 4.08. The molecule has 0 aliphatic rings. The van der Waals surface area contributed by atoms with Crippen LogP contribution in [0.15, 0.2) is 71.6 Å².